The molecule has 3 rings (SSSR count). The highest BCUT2D eigenvalue weighted by Crippen LogP contribution is 2.28. The van der Waals surface area contributed by atoms with Crippen molar-refractivity contribution in [1.29, 1.82) is 0 Å². The monoisotopic (exact) mass is 426 g/mol. The highest BCUT2D eigenvalue weighted by molar-refractivity contribution is 6.00. The predicted octanol–water partition coefficient (Wildman–Crippen LogP) is 0.762. The number of nitrogens with one attached hydrogen (secondary N) is 3. The first-order chi connectivity index (χ1) is 14.8. The summed E-state index contributed by atoms with van der Waals surface area (Å²) in [4.78, 5) is 34.0. The van der Waals surface area contributed by atoms with Gasteiger partial charge in [0.1, 0.15) is 11.5 Å². The van der Waals surface area contributed by atoms with Gasteiger partial charge >= 0.3 is 0 Å². The lowest BCUT2D eigenvalue weighted by molar-refractivity contribution is 0.0880. The van der Waals surface area contributed by atoms with Crippen LogP contribution in [0.2, 0.25) is 0 Å². The number of aryl methyl sites for hydroxylation is 1. The normalized spacial score (nSPS) is 10.9. The number of aromatic nitrogens is 3. The summed E-state index contributed by atoms with van der Waals surface area (Å²) in [6.45, 7) is 1.11. The van der Waals surface area contributed by atoms with Gasteiger partial charge in [-0.05, 0) is 31.2 Å². The third-order valence-electron chi connectivity index (χ3n) is 4.77. The second kappa shape index (κ2) is 9.45. The summed E-state index contributed by atoms with van der Waals surface area (Å²) in [5.74, 6) is 0.0336. The van der Waals surface area contributed by atoms with Gasteiger partial charge in [0.15, 0.2) is 0 Å². The molecule has 0 aliphatic heterocycles. The lowest BCUT2D eigenvalue weighted by Crippen LogP contribution is -2.40. The first kappa shape index (κ1) is 22.1. The van der Waals surface area contributed by atoms with E-state index in [0.29, 0.717) is 22.9 Å². The van der Waals surface area contributed by atoms with E-state index in [1.807, 2.05) is 19.1 Å². The average Bonchev–Trinajstić information content (AvgIpc) is 3.18. The van der Waals surface area contributed by atoms with Crippen molar-refractivity contribution in [3.63, 3.8) is 0 Å². The van der Waals surface area contributed by atoms with E-state index in [1.165, 1.54) is 12.4 Å². The first-order valence-corrected chi connectivity index (χ1v) is 9.68. The fourth-order valence-electron chi connectivity index (χ4n) is 3.11. The molecule has 0 bridgehead atoms. The van der Waals surface area contributed by atoms with Crippen LogP contribution in [0.25, 0.3) is 5.69 Å². The molecule has 3 heterocycles. The van der Waals surface area contributed by atoms with Crippen molar-refractivity contribution >= 4 is 23.1 Å². The Morgan fingerprint density at radius 3 is 2.61 bits per heavy atom. The van der Waals surface area contributed by atoms with Crippen LogP contribution in [-0.4, -0.2) is 64.0 Å². The van der Waals surface area contributed by atoms with E-state index in [1.54, 1.807) is 41.9 Å². The number of H-pyrrole nitrogens is 1. The Morgan fingerprint density at radius 1 is 1.26 bits per heavy atom. The Kier molecular flexibility index (Phi) is 6.73. The lowest BCUT2D eigenvalue weighted by atomic mass is 10.2. The molecule has 10 nitrogen and oxygen atoms in total. The topological polar surface area (TPSA) is 136 Å². The van der Waals surface area contributed by atoms with Crippen LogP contribution in [0, 0.1) is 6.92 Å². The lowest BCUT2D eigenvalue weighted by Gasteiger charge is -2.21. The van der Waals surface area contributed by atoms with Gasteiger partial charge in [-0.25, -0.2) is 0 Å². The average molecular weight is 426 g/mol. The molecule has 164 valence electrons. The summed E-state index contributed by atoms with van der Waals surface area (Å²) in [6, 6.07) is 6.32. The highest BCUT2D eigenvalue weighted by Gasteiger charge is 2.18. The summed E-state index contributed by atoms with van der Waals surface area (Å²) in [5.41, 5.74) is 2.33. The van der Waals surface area contributed by atoms with Crippen molar-refractivity contribution in [2.75, 3.05) is 37.5 Å². The third-order valence-corrected chi connectivity index (χ3v) is 4.77. The molecule has 5 N–H and O–H groups in total. The summed E-state index contributed by atoms with van der Waals surface area (Å²) in [7, 11) is 3.59. The fourth-order valence-corrected chi connectivity index (χ4v) is 3.11. The number of pyridine rings is 2. The Hall–Kier alpha value is -3.63. The summed E-state index contributed by atoms with van der Waals surface area (Å²) in [6.07, 6.45) is 4.72. The summed E-state index contributed by atoms with van der Waals surface area (Å²) >= 11 is 0. The first-order valence-electron chi connectivity index (χ1n) is 9.68. The molecule has 10 heteroatoms. The molecule has 0 fully saturated rings. The van der Waals surface area contributed by atoms with Crippen LogP contribution in [0.5, 0.6) is 0 Å². The van der Waals surface area contributed by atoms with E-state index in [4.69, 9.17) is 0 Å². The van der Waals surface area contributed by atoms with Gasteiger partial charge in [-0.1, -0.05) is 0 Å². The van der Waals surface area contributed by atoms with Gasteiger partial charge in [-0.2, -0.15) is 0 Å². The molecule has 0 aliphatic rings. The summed E-state index contributed by atoms with van der Waals surface area (Å²) < 4.78 is 1.77. The number of amides is 1. The number of carbonyl (C=O) groups is 1. The molecule has 0 atom stereocenters. The zero-order valence-electron chi connectivity index (χ0n) is 17.6. The minimum atomic E-state index is -0.783. The van der Waals surface area contributed by atoms with Crippen LogP contribution in [0.4, 0.5) is 17.2 Å². The van der Waals surface area contributed by atoms with Crippen LogP contribution in [-0.2, 0) is 0 Å². The summed E-state index contributed by atoms with van der Waals surface area (Å²) in [5, 5.41) is 24.3. The molecular weight excluding hydrogens is 400 g/mol. The second-order valence-corrected chi connectivity index (χ2v) is 7.24. The van der Waals surface area contributed by atoms with Crippen molar-refractivity contribution in [2.24, 2.45) is 0 Å². The Morgan fingerprint density at radius 2 is 2.00 bits per heavy atom. The molecular formula is C21H26N6O4. The van der Waals surface area contributed by atoms with Crippen LogP contribution in [0.15, 0.2) is 47.7 Å². The van der Waals surface area contributed by atoms with Crippen LogP contribution in [0.3, 0.4) is 0 Å². The number of nitrogens with zero attached hydrogens (tertiary/aromatic N) is 3. The zero-order valence-corrected chi connectivity index (χ0v) is 17.6. The second-order valence-electron chi connectivity index (χ2n) is 7.24. The SMILES string of the molecule is Cc1cccn1-c1cc(Nc2ccncc2C(=O)NC(CO)CO)c(N(C)C)[nH]c1=O. The molecule has 31 heavy (non-hydrogen) atoms. The smallest absolute Gasteiger partial charge is 0.273 e. The number of aliphatic hydroxyl groups excluding tert-OH is 2. The maximum Gasteiger partial charge on any atom is 0.273 e. The number of carbonyl (C=O) groups excluding carboxylic acids is 1. The van der Waals surface area contributed by atoms with E-state index in [2.05, 4.69) is 20.6 Å². The maximum atomic E-state index is 12.7. The van der Waals surface area contributed by atoms with Gasteiger partial charge in [-0.3, -0.25) is 14.6 Å². The van der Waals surface area contributed by atoms with E-state index < -0.39 is 25.2 Å². The van der Waals surface area contributed by atoms with Gasteiger partial charge in [0, 0.05) is 38.4 Å². The number of anilines is 3. The van der Waals surface area contributed by atoms with E-state index in [9.17, 15) is 19.8 Å². The maximum absolute atomic E-state index is 12.7. The zero-order chi connectivity index (χ0) is 22.5. The van der Waals surface area contributed by atoms with Crippen molar-refractivity contribution in [1.82, 2.24) is 19.9 Å². The van der Waals surface area contributed by atoms with E-state index in [-0.39, 0.29) is 11.1 Å². The molecule has 0 aliphatic carbocycles. The quantitative estimate of drug-likeness (QED) is 0.359. The molecule has 0 aromatic carbocycles. The number of aliphatic hydroxyl groups is 2. The van der Waals surface area contributed by atoms with Gasteiger partial charge in [-0.15, -0.1) is 0 Å². The Labute approximate surface area is 179 Å². The fraction of sp³-hybridized carbons (Fsp3) is 0.286. The van der Waals surface area contributed by atoms with Crippen LogP contribution in [0.1, 0.15) is 16.1 Å². The standard InChI is InChI=1S/C21H26N6O4/c1-13-5-4-8-27(13)18-9-17(19(26(2)3)25-21(18)31)24-16-6-7-22-10-15(16)20(30)23-14(11-28)12-29/h4-10,14,28-29H,11-12H2,1-3H3,(H,22,24)(H,23,30)(H,25,31). The van der Waals surface area contributed by atoms with Crippen LogP contribution >= 0.6 is 0 Å². The highest BCUT2D eigenvalue weighted by atomic mass is 16.3. The van der Waals surface area contributed by atoms with Crippen molar-refractivity contribution in [3.05, 3.63) is 64.5 Å². The van der Waals surface area contributed by atoms with Gasteiger partial charge in [0.05, 0.1) is 36.2 Å². The number of hydrogen-bond donors (Lipinski definition) is 5. The minimum absolute atomic E-state index is 0.226. The van der Waals surface area contributed by atoms with E-state index >= 15 is 0 Å². The molecule has 3 aromatic rings. The molecule has 0 spiro atoms. The van der Waals surface area contributed by atoms with Crippen LogP contribution < -0.4 is 21.1 Å². The largest absolute Gasteiger partial charge is 0.394 e. The van der Waals surface area contributed by atoms with Gasteiger partial charge < -0.3 is 35.3 Å². The van der Waals surface area contributed by atoms with E-state index in [0.717, 1.165) is 5.69 Å². The number of hydrogen-bond acceptors (Lipinski definition) is 7. The van der Waals surface area contributed by atoms with Gasteiger partial charge in [0.25, 0.3) is 11.5 Å². The number of rotatable bonds is 8. The molecule has 3 aromatic heterocycles. The van der Waals surface area contributed by atoms with Crippen molar-refractivity contribution < 1.29 is 15.0 Å². The molecule has 0 radical (unpaired) electrons. The minimum Gasteiger partial charge on any atom is -0.394 e. The number of aromatic amines is 1. The van der Waals surface area contributed by atoms with Crippen molar-refractivity contribution in [2.45, 2.75) is 13.0 Å². The molecule has 1 amide bonds. The third kappa shape index (κ3) is 4.76. The molecule has 0 saturated carbocycles. The Bertz CT molecular complexity index is 1120. The van der Waals surface area contributed by atoms with Gasteiger partial charge in [0.2, 0.25) is 0 Å². The van der Waals surface area contributed by atoms with Crippen molar-refractivity contribution in [3.8, 4) is 5.69 Å². The molecule has 0 unspecified atom stereocenters. The predicted molar refractivity (Wildman–Crippen MR) is 118 cm³/mol. The Balaban J connectivity index is 2.04. The molecule has 0 saturated heterocycles.